The summed E-state index contributed by atoms with van der Waals surface area (Å²) in [6, 6.07) is 0.655. The SMILES string of the molecule is CC1CCCC(NC(=O)CN2CCN(C)CC2CN)C1C. The molecular formula is C16H32N4O. The maximum atomic E-state index is 12.4. The third kappa shape index (κ3) is 4.41. The molecule has 2 fully saturated rings. The molecule has 1 amide bonds. The van der Waals surface area contributed by atoms with Crippen LogP contribution in [0, 0.1) is 11.8 Å². The minimum absolute atomic E-state index is 0.170. The fourth-order valence-corrected chi connectivity index (χ4v) is 3.70. The normalized spacial score (nSPS) is 35.6. The van der Waals surface area contributed by atoms with Crippen LogP contribution >= 0.6 is 0 Å². The highest BCUT2D eigenvalue weighted by molar-refractivity contribution is 5.78. The van der Waals surface area contributed by atoms with Crippen molar-refractivity contribution in [1.29, 1.82) is 0 Å². The number of hydrogen-bond acceptors (Lipinski definition) is 4. The molecule has 0 aromatic heterocycles. The molecular weight excluding hydrogens is 264 g/mol. The fourth-order valence-electron chi connectivity index (χ4n) is 3.70. The van der Waals surface area contributed by atoms with Gasteiger partial charge in [0, 0.05) is 38.3 Å². The largest absolute Gasteiger partial charge is 0.352 e. The van der Waals surface area contributed by atoms with Crippen molar-refractivity contribution in [2.75, 3.05) is 39.8 Å². The number of rotatable bonds is 4. The highest BCUT2D eigenvalue weighted by Crippen LogP contribution is 2.29. The summed E-state index contributed by atoms with van der Waals surface area (Å²) in [5.74, 6) is 1.47. The van der Waals surface area contributed by atoms with Gasteiger partial charge in [-0.15, -0.1) is 0 Å². The Morgan fingerprint density at radius 1 is 1.29 bits per heavy atom. The van der Waals surface area contributed by atoms with E-state index in [2.05, 4.69) is 36.0 Å². The first-order chi connectivity index (χ1) is 10.0. The molecule has 1 aliphatic heterocycles. The molecule has 122 valence electrons. The molecule has 3 N–H and O–H groups in total. The molecule has 0 radical (unpaired) electrons. The highest BCUT2D eigenvalue weighted by atomic mass is 16.2. The molecule has 5 heteroatoms. The Morgan fingerprint density at radius 3 is 2.76 bits per heavy atom. The van der Waals surface area contributed by atoms with E-state index in [1.165, 1.54) is 12.8 Å². The minimum atomic E-state index is 0.170. The zero-order valence-electron chi connectivity index (χ0n) is 13.8. The van der Waals surface area contributed by atoms with Crippen LogP contribution in [-0.2, 0) is 4.79 Å². The monoisotopic (exact) mass is 296 g/mol. The van der Waals surface area contributed by atoms with E-state index in [4.69, 9.17) is 5.73 Å². The third-order valence-corrected chi connectivity index (χ3v) is 5.48. The molecule has 1 saturated heterocycles. The van der Waals surface area contributed by atoms with E-state index in [1.807, 2.05) is 0 Å². The molecule has 0 spiro atoms. The molecule has 4 unspecified atom stereocenters. The topological polar surface area (TPSA) is 61.6 Å². The molecule has 1 heterocycles. The van der Waals surface area contributed by atoms with Crippen LogP contribution in [0.25, 0.3) is 0 Å². The van der Waals surface area contributed by atoms with Gasteiger partial charge in [0.25, 0.3) is 0 Å². The summed E-state index contributed by atoms with van der Waals surface area (Å²) in [6.07, 6.45) is 3.65. The zero-order valence-corrected chi connectivity index (χ0v) is 13.8. The van der Waals surface area contributed by atoms with Gasteiger partial charge < -0.3 is 16.0 Å². The average molecular weight is 296 g/mol. The summed E-state index contributed by atoms with van der Waals surface area (Å²) >= 11 is 0. The van der Waals surface area contributed by atoms with Crippen molar-refractivity contribution in [1.82, 2.24) is 15.1 Å². The van der Waals surface area contributed by atoms with E-state index in [0.29, 0.717) is 37.0 Å². The molecule has 1 saturated carbocycles. The lowest BCUT2D eigenvalue weighted by Gasteiger charge is -2.40. The number of amides is 1. The summed E-state index contributed by atoms with van der Waals surface area (Å²) in [6.45, 7) is 8.59. The first-order valence-electron chi connectivity index (χ1n) is 8.43. The Labute approximate surface area is 129 Å². The van der Waals surface area contributed by atoms with Crippen LogP contribution < -0.4 is 11.1 Å². The number of nitrogens with two attached hydrogens (primary N) is 1. The summed E-state index contributed by atoms with van der Waals surface area (Å²) in [5, 5.41) is 3.27. The Hall–Kier alpha value is -0.650. The van der Waals surface area contributed by atoms with Crippen molar-refractivity contribution in [2.24, 2.45) is 17.6 Å². The molecule has 2 rings (SSSR count). The maximum absolute atomic E-state index is 12.4. The fraction of sp³-hybridized carbons (Fsp3) is 0.938. The van der Waals surface area contributed by atoms with E-state index in [1.54, 1.807) is 0 Å². The van der Waals surface area contributed by atoms with Crippen LogP contribution in [0.3, 0.4) is 0 Å². The number of carbonyl (C=O) groups is 1. The van der Waals surface area contributed by atoms with E-state index >= 15 is 0 Å². The van der Waals surface area contributed by atoms with E-state index < -0.39 is 0 Å². The Kier molecular flexibility index (Phi) is 6.02. The number of nitrogens with one attached hydrogen (secondary N) is 1. The van der Waals surface area contributed by atoms with Gasteiger partial charge in [-0.3, -0.25) is 9.69 Å². The van der Waals surface area contributed by atoms with Gasteiger partial charge in [-0.25, -0.2) is 0 Å². The predicted octanol–water partition coefficient (Wildman–Crippen LogP) is 0.502. The molecule has 0 aromatic rings. The van der Waals surface area contributed by atoms with E-state index in [-0.39, 0.29) is 5.91 Å². The molecule has 0 aromatic carbocycles. The number of nitrogens with zero attached hydrogens (tertiary/aromatic N) is 2. The highest BCUT2D eigenvalue weighted by Gasteiger charge is 2.30. The summed E-state index contributed by atoms with van der Waals surface area (Å²) in [7, 11) is 2.12. The van der Waals surface area contributed by atoms with Crippen molar-refractivity contribution in [3.63, 3.8) is 0 Å². The molecule has 4 atom stereocenters. The second-order valence-corrected chi connectivity index (χ2v) is 7.06. The standard InChI is InChI=1S/C16H32N4O/c1-12-5-4-6-15(13(12)2)18-16(21)11-20-8-7-19(3)10-14(20)9-17/h12-15H,4-11,17H2,1-3H3,(H,18,21). The Balaban J connectivity index is 1.83. The lowest BCUT2D eigenvalue weighted by atomic mass is 9.78. The van der Waals surface area contributed by atoms with Gasteiger partial charge in [0.2, 0.25) is 5.91 Å². The summed E-state index contributed by atoms with van der Waals surface area (Å²) in [5.41, 5.74) is 5.86. The summed E-state index contributed by atoms with van der Waals surface area (Å²) in [4.78, 5) is 16.9. The molecule has 0 bridgehead atoms. The smallest absolute Gasteiger partial charge is 0.234 e. The molecule has 21 heavy (non-hydrogen) atoms. The Bertz CT molecular complexity index is 349. The number of likely N-dealkylation sites (N-methyl/N-ethyl adjacent to an activating group) is 1. The van der Waals surface area contributed by atoms with Gasteiger partial charge in [-0.2, -0.15) is 0 Å². The van der Waals surface area contributed by atoms with Crippen LogP contribution in [-0.4, -0.2) is 67.6 Å². The predicted molar refractivity (Wildman–Crippen MR) is 86.0 cm³/mol. The van der Waals surface area contributed by atoms with Crippen LogP contribution in [0.2, 0.25) is 0 Å². The number of hydrogen-bond donors (Lipinski definition) is 2. The van der Waals surface area contributed by atoms with Crippen molar-refractivity contribution in [2.45, 2.75) is 45.2 Å². The van der Waals surface area contributed by atoms with Crippen LogP contribution in [0.1, 0.15) is 33.1 Å². The second-order valence-electron chi connectivity index (χ2n) is 7.06. The molecule has 5 nitrogen and oxygen atoms in total. The van der Waals surface area contributed by atoms with E-state index in [9.17, 15) is 4.79 Å². The van der Waals surface area contributed by atoms with Gasteiger partial charge >= 0.3 is 0 Å². The second kappa shape index (κ2) is 7.56. The first kappa shape index (κ1) is 16.7. The van der Waals surface area contributed by atoms with Gasteiger partial charge in [0.05, 0.1) is 6.54 Å². The van der Waals surface area contributed by atoms with Gasteiger partial charge in [0.1, 0.15) is 0 Å². The lowest BCUT2D eigenvalue weighted by Crippen LogP contribution is -2.57. The van der Waals surface area contributed by atoms with Gasteiger partial charge in [-0.05, 0) is 25.3 Å². The molecule has 2 aliphatic rings. The average Bonchev–Trinajstić information content (AvgIpc) is 2.45. The first-order valence-corrected chi connectivity index (χ1v) is 8.43. The maximum Gasteiger partial charge on any atom is 0.234 e. The number of carbonyl (C=O) groups excluding carboxylic acids is 1. The van der Waals surface area contributed by atoms with Gasteiger partial charge in [0.15, 0.2) is 0 Å². The van der Waals surface area contributed by atoms with Crippen LogP contribution in [0.4, 0.5) is 0 Å². The van der Waals surface area contributed by atoms with Crippen molar-refractivity contribution >= 4 is 5.91 Å². The Morgan fingerprint density at radius 2 is 2.05 bits per heavy atom. The minimum Gasteiger partial charge on any atom is -0.352 e. The van der Waals surface area contributed by atoms with Crippen molar-refractivity contribution < 1.29 is 4.79 Å². The summed E-state index contributed by atoms with van der Waals surface area (Å²) < 4.78 is 0. The zero-order chi connectivity index (χ0) is 15.4. The van der Waals surface area contributed by atoms with Crippen molar-refractivity contribution in [3.8, 4) is 0 Å². The van der Waals surface area contributed by atoms with Crippen LogP contribution in [0.5, 0.6) is 0 Å². The van der Waals surface area contributed by atoms with Gasteiger partial charge in [-0.1, -0.05) is 26.7 Å². The quantitative estimate of drug-likeness (QED) is 0.793. The molecule has 1 aliphatic carbocycles. The lowest BCUT2D eigenvalue weighted by molar-refractivity contribution is -0.124. The third-order valence-electron chi connectivity index (χ3n) is 5.48. The van der Waals surface area contributed by atoms with Crippen molar-refractivity contribution in [3.05, 3.63) is 0 Å². The van der Waals surface area contributed by atoms with E-state index in [0.717, 1.165) is 26.1 Å². The number of piperazine rings is 1. The van der Waals surface area contributed by atoms with Crippen LogP contribution in [0.15, 0.2) is 0 Å².